The number of aromatic nitrogens is 2. The number of fused-ring (bicyclic) bond motifs is 1. The van der Waals surface area contributed by atoms with Crippen molar-refractivity contribution in [3.8, 4) is 5.69 Å². The first-order chi connectivity index (χ1) is 11.1. The molecule has 1 aromatic carbocycles. The molecule has 5 nitrogen and oxygen atoms in total. The summed E-state index contributed by atoms with van der Waals surface area (Å²) in [5.41, 5.74) is 3.78. The van der Waals surface area contributed by atoms with Crippen molar-refractivity contribution in [3.63, 3.8) is 0 Å². The van der Waals surface area contributed by atoms with Crippen LogP contribution in [0.15, 0.2) is 30.5 Å². The highest BCUT2D eigenvalue weighted by Crippen LogP contribution is 2.31. The molecule has 1 aromatic heterocycles. The number of carbonyl (C=O) groups excluding carboxylic acids is 1. The molecule has 0 saturated carbocycles. The van der Waals surface area contributed by atoms with Gasteiger partial charge in [-0.25, -0.2) is 9.48 Å². The molecule has 1 aliphatic carbocycles. The van der Waals surface area contributed by atoms with Crippen molar-refractivity contribution in [3.05, 3.63) is 47.3 Å². The van der Waals surface area contributed by atoms with Crippen molar-refractivity contribution < 1.29 is 9.53 Å². The third-order valence-electron chi connectivity index (χ3n) is 4.01. The number of esters is 1. The number of hydrogen-bond donors (Lipinski definition) is 2. The van der Waals surface area contributed by atoms with Gasteiger partial charge in [-0.15, -0.1) is 0 Å². The number of nitrogens with one attached hydrogen (secondary N) is 1. The second-order valence-corrected chi connectivity index (χ2v) is 6.29. The number of carbonyl (C=O) groups is 1. The molecule has 1 atom stereocenters. The molecule has 0 bridgehead atoms. The molecule has 2 aromatic rings. The lowest BCUT2D eigenvalue weighted by molar-refractivity contribution is 0.0378. The zero-order chi connectivity index (χ0) is 16.4. The molecular formula is C17H21N3O2S. The molecule has 6 heteroatoms. The van der Waals surface area contributed by atoms with Crippen LogP contribution >= 0.6 is 12.8 Å². The van der Waals surface area contributed by atoms with E-state index in [4.69, 9.17) is 4.74 Å². The lowest BCUT2D eigenvalue weighted by Gasteiger charge is -2.22. The van der Waals surface area contributed by atoms with Crippen LogP contribution in [0.5, 0.6) is 0 Å². The fraction of sp³-hybridized carbons (Fsp3) is 0.412. The van der Waals surface area contributed by atoms with E-state index in [0.29, 0.717) is 5.56 Å². The van der Waals surface area contributed by atoms with Gasteiger partial charge in [0.1, 0.15) is 0 Å². The van der Waals surface area contributed by atoms with E-state index in [0.717, 1.165) is 24.9 Å². The fourth-order valence-corrected chi connectivity index (χ4v) is 3.23. The number of rotatable bonds is 4. The van der Waals surface area contributed by atoms with Gasteiger partial charge >= 0.3 is 5.97 Å². The predicted octanol–water partition coefficient (Wildman–Crippen LogP) is 3.25. The Morgan fingerprint density at radius 3 is 3.04 bits per heavy atom. The Bertz CT molecular complexity index is 712. The molecule has 0 radical (unpaired) electrons. The van der Waals surface area contributed by atoms with E-state index in [1.165, 1.54) is 11.3 Å². The molecule has 0 amide bonds. The van der Waals surface area contributed by atoms with Crippen molar-refractivity contribution >= 4 is 18.8 Å². The van der Waals surface area contributed by atoms with Gasteiger partial charge in [0, 0.05) is 17.3 Å². The van der Waals surface area contributed by atoms with Crippen molar-refractivity contribution in [2.24, 2.45) is 0 Å². The Labute approximate surface area is 141 Å². The van der Waals surface area contributed by atoms with Crippen LogP contribution in [0, 0.1) is 0 Å². The van der Waals surface area contributed by atoms with E-state index < -0.39 is 0 Å². The molecule has 1 heterocycles. The molecule has 1 aliphatic rings. The van der Waals surface area contributed by atoms with Gasteiger partial charge in [-0.1, -0.05) is 18.9 Å². The average molecular weight is 331 g/mol. The Balaban J connectivity index is 1.94. The average Bonchev–Trinajstić information content (AvgIpc) is 2.98. The number of thiol groups is 1. The minimum Gasteiger partial charge on any atom is -0.459 e. The molecule has 1 unspecified atom stereocenters. The lowest BCUT2D eigenvalue weighted by atomic mass is 9.93. The Kier molecular flexibility index (Phi) is 4.73. The minimum atomic E-state index is -0.308. The Morgan fingerprint density at radius 2 is 2.30 bits per heavy atom. The molecular weight excluding hydrogens is 310 g/mol. The third-order valence-corrected chi connectivity index (χ3v) is 4.32. The summed E-state index contributed by atoms with van der Waals surface area (Å²) in [5.74, 6) is -0.308. The minimum absolute atomic E-state index is 0.133. The van der Waals surface area contributed by atoms with Crippen molar-refractivity contribution in [1.29, 1.82) is 0 Å². The van der Waals surface area contributed by atoms with E-state index in [1.54, 1.807) is 6.07 Å². The first-order valence-corrected chi connectivity index (χ1v) is 8.32. The highest BCUT2D eigenvalue weighted by atomic mass is 32.1. The van der Waals surface area contributed by atoms with Gasteiger partial charge < -0.3 is 4.74 Å². The molecule has 23 heavy (non-hydrogen) atoms. The highest BCUT2D eigenvalue weighted by molar-refractivity contribution is 7.78. The van der Waals surface area contributed by atoms with Crippen molar-refractivity contribution in [2.75, 3.05) is 0 Å². The molecule has 122 valence electrons. The summed E-state index contributed by atoms with van der Waals surface area (Å²) in [4.78, 5) is 12.1. The maximum Gasteiger partial charge on any atom is 0.338 e. The van der Waals surface area contributed by atoms with Crippen LogP contribution in [0.1, 0.15) is 54.3 Å². The van der Waals surface area contributed by atoms with E-state index in [2.05, 4.69) is 22.6 Å². The van der Waals surface area contributed by atoms with Gasteiger partial charge in [-0.2, -0.15) is 5.10 Å². The maximum atomic E-state index is 12.1. The number of benzene rings is 1. The van der Waals surface area contributed by atoms with Crippen molar-refractivity contribution in [1.82, 2.24) is 14.5 Å². The van der Waals surface area contributed by atoms with Crippen LogP contribution in [-0.2, 0) is 11.2 Å². The Morgan fingerprint density at radius 1 is 1.48 bits per heavy atom. The van der Waals surface area contributed by atoms with Crippen LogP contribution in [-0.4, -0.2) is 21.9 Å². The molecule has 3 rings (SSSR count). The van der Waals surface area contributed by atoms with Crippen molar-refractivity contribution in [2.45, 2.75) is 45.3 Å². The quantitative estimate of drug-likeness (QED) is 0.667. The Hall–Kier alpha value is -1.79. The van der Waals surface area contributed by atoms with E-state index in [-0.39, 0.29) is 18.1 Å². The van der Waals surface area contributed by atoms with Gasteiger partial charge in [0.05, 0.1) is 23.6 Å². The first-order valence-electron chi connectivity index (χ1n) is 7.88. The summed E-state index contributed by atoms with van der Waals surface area (Å²) in [6.07, 6.45) is 4.88. The summed E-state index contributed by atoms with van der Waals surface area (Å²) < 4.78 is 10.2. The number of nitrogens with zero attached hydrogens (tertiary/aromatic N) is 2. The molecule has 0 spiro atoms. The van der Waals surface area contributed by atoms with Crippen LogP contribution in [0.4, 0.5) is 0 Å². The number of ether oxygens (including phenoxy) is 1. The molecule has 0 saturated heterocycles. The smallest absolute Gasteiger partial charge is 0.338 e. The summed E-state index contributed by atoms with van der Waals surface area (Å²) in [7, 11) is 0. The topological polar surface area (TPSA) is 56.2 Å². The zero-order valence-electron chi connectivity index (χ0n) is 13.3. The largest absolute Gasteiger partial charge is 0.459 e. The number of hydrogen-bond acceptors (Lipinski definition) is 5. The maximum absolute atomic E-state index is 12.1. The molecule has 0 aliphatic heterocycles. The molecule has 0 fully saturated rings. The van der Waals surface area contributed by atoms with Crippen LogP contribution in [0.2, 0.25) is 0 Å². The van der Waals surface area contributed by atoms with Gasteiger partial charge in [0.25, 0.3) is 0 Å². The van der Waals surface area contributed by atoms with E-state index in [9.17, 15) is 4.79 Å². The van der Waals surface area contributed by atoms with E-state index >= 15 is 0 Å². The van der Waals surface area contributed by atoms with Crippen LogP contribution < -0.4 is 4.72 Å². The van der Waals surface area contributed by atoms with Crippen LogP contribution in [0.25, 0.3) is 5.69 Å². The second-order valence-electron chi connectivity index (χ2n) is 6.04. The SMILES string of the molecule is CC(C)OC(=O)c1cccc(-n2ncc3c2CCCC3NS)c1. The monoisotopic (exact) mass is 331 g/mol. The molecule has 1 N–H and O–H groups in total. The zero-order valence-corrected chi connectivity index (χ0v) is 14.2. The predicted molar refractivity (Wildman–Crippen MR) is 91.9 cm³/mol. The van der Waals surface area contributed by atoms with Gasteiger partial charge in [-0.3, -0.25) is 4.72 Å². The summed E-state index contributed by atoms with van der Waals surface area (Å²) >= 11 is 4.21. The third kappa shape index (κ3) is 3.28. The summed E-state index contributed by atoms with van der Waals surface area (Å²) in [6.45, 7) is 3.69. The van der Waals surface area contributed by atoms with Crippen LogP contribution in [0.3, 0.4) is 0 Å². The summed E-state index contributed by atoms with van der Waals surface area (Å²) in [6, 6.07) is 7.64. The summed E-state index contributed by atoms with van der Waals surface area (Å²) in [5, 5.41) is 4.52. The lowest BCUT2D eigenvalue weighted by Crippen LogP contribution is -2.19. The van der Waals surface area contributed by atoms with Gasteiger partial charge in [0.15, 0.2) is 0 Å². The van der Waals surface area contributed by atoms with Gasteiger partial charge in [-0.05, 0) is 51.3 Å². The highest BCUT2D eigenvalue weighted by Gasteiger charge is 2.24. The second kappa shape index (κ2) is 6.76. The van der Waals surface area contributed by atoms with Gasteiger partial charge in [0.2, 0.25) is 0 Å². The normalized spacial score (nSPS) is 17.1. The first kappa shape index (κ1) is 16.1. The van der Waals surface area contributed by atoms with E-state index in [1.807, 2.05) is 42.9 Å². The fourth-order valence-electron chi connectivity index (χ4n) is 2.96. The standard InChI is InChI=1S/C17H21N3O2S/c1-11(2)22-17(21)12-5-3-6-13(9-12)20-16-8-4-7-15(19-23)14(16)10-18-20/h3,5-6,9-11,15,19,23H,4,7-8H2,1-2H3.